The lowest BCUT2D eigenvalue weighted by Crippen LogP contribution is -1.94. The molecule has 0 unspecified atom stereocenters. The molecule has 0 saturated carbocycles. The Balaban J connectivity index is 2.07. The van der Waals surface area contributed by atoms with Crippen LogP contribution in [0.25, 0.3) is 16.8 Å². The molecule has 19 heavy (non-hydrogen) atoms. The van der Waals surface area contributed by atoms with Crippen LogP contribution in [0.5, 0.6) is 0 Å². The zero-order valence-electron chi connectivity index (χ0n) is 10.3. The van der Waals surface area contributed by atoms with Gasteiger partial charge in [-0.05, 0) is 19.1 Å². The lowest BCUT2D eigenvalue weighted by atomic mass is 10.2. The highest BCUT2D eigenvalue weighted by atomic mass is 16.4. The predicted octanol–water partition coefficient (Wildman–Crippen LogP) is 1.92. The molecule has 3 rings (SSSR count). The quantitative estimate of drug-likeness (QED) is 0.777. The Kier molecular flexibility index (Phi) is 2.56. The normalized spacial score (nSPS) is 11.0. The van der Waals surface area contributed by atoms with Crippen LogP contribution in [0.15, 0.2) is 36.9 Å². The third-order valence-corrected chi connectivity index (χ3v) is 2.96. The van der Waals surface area contributed by atoms with Crippen LogP contribution in [0.4, 0.5) is 0 Å². The molecule has 0 atom stereocenters. The number of fused-ring (bicyclic) bond motifs is 1. The van der Waals surface area contributed by atoms with E-state index >= 15 is 0 Å². The maximum Gasteiger partial charge on any atom is 0.356 e. The van der Waals surface area contributed by atoms with Crippen molar-refractivity contribution in [3.63, 3.8) is 0 Å². The summed E-state index contributed by atoms with van der Waals surface area (Å²) in [4.78, 5) is 14.9. The Morgan fingerprint density at radius 1 is 1.26 bits per heavy atom. The second-order valence-corrected chi connectivity index (χ2v) is 4.20. The number of carboxylic acid groups (broad SMARTS) is 1. The van der Waals surface area contributed by atoms with Crippen LogP contribution in [-0.4, -0.2) is 30.2 Å². The second-order valence-electron chi connectivity index (χ2n) is 4.20. The van der Waals surface area contributed by atoms with E-state index in [1.165, 1.54) is 6.20 Å². The number of carbonyl (C=O) groups is 1. The van der Waals surface area contributed by atoms with Crippen molar-refractivity contribution in [2.45, 2.75) is 13.5 Å². The fourth-order valence-electron chi connectivity index (χ4n) is 1.95. The summed E-state index contributed by atoms with van der Waals surface area (Å²) in [6.07, 6.45) is 7.10. The topological polar surface area (TPSA) is 72.4 Å². The summed E-state index contributed by atoms with van der Waals surface area (Å²) in [5.74, 6) is -1.02. The molecule has 0 bridgehead atoms. The molecule has 0 amide bonds. The van der Waals surface area contributed by atoms with Gasteiger partial charge in [-0.2, -0.15) is 5.10 Å². The zero-order valence-corrected chi connectivity index (χ0v) is 10.3. The summed E-state index contributed by atoms with van der Waals surface area (Å²) < 4.78 is 3.55. The Morgan fingerprint density at radius 2 is 2.11 bits per heavy atom. The third-order valence-electron chi connectivity index (χ3n) is 2.96. The van der Waals surface area contributed by atoms with Gasteiger partial charge in [-0.25, -0.2) is 9.78 Å². The molecule has 0 saturated heterocycles. The summed E-state index contributed by atoms with van der Waals surface area (Å²) in [5.41, 5.74) is 2.63. The van der Waals surface area contributed by atoms with E-state index in [0.717, 1.165) is 17.7 Å². The molecule has 0 fully saturated rings. The van der Waals surface area contributed by atoms with Crippen molar-refractivity contribution in [1.29, 1.82) is 0 Å². The predicted molar refractivity (Wildman–Crippen MR) is 69.0 cm³/mol. The van der Waals surface area contributed by atoms with Crippen LogP contribution in [0.1, 0.15) is 17.4 Å². The van der Waals surface area contributed by atoms with E-state index in [1.807, 2.05) is 30.1 Å². The standard InChI is InChI=1S/C13H12N4O2/c1-2-17-7-10(5-14-17)9-3-4-12-15-11(13(18)19)8-16(12)6-9/h3-8H,2H2,1H3,(H,18,19). The largest absolute Gasteiger partial charge is 0.476 e. The molecule has 0 aliphatic carbocycles. The smallest absolute Gasteiger partial charge is 0.356 e. The van der Waals surface area contributed by atoms with E-state index in [2.05, 4.69) is 10.1 Å². The molecule has 1 N–H and O–H groups in total. The van der Waals surface area contributed by atoms with Gasteiger partial charge in [0, 0.05) is 36.3 Å². The molecule has 0 aliphatic heterocycles. The van der Waals surface area contributed by atoms with E-state index in [4.69, 9.17) is 5.11 Å². The molecule has 0 spiro atoms. The molecule has 0 radical (unpaired) electrons. The van der Waals surface area contributed by atoms with Gasteiger partial charge < -0.3 is 9.51 Å². The molecule has 6 heteroatoms. The van der Waals surface area contributed by atoms with E-state index < -0.39 is 5.97 Å². The molecular weight excluding hydrogens is 244 g/mol. The number of hydrogen-bond donors (Lipinski definition) is 1. The van der Waals surface area contributed by atoms with Gasteiger partial charge in [0.05, 0.1) is 6.20 Å². The number of aryl methyl sites for hydroxylation is 1. The lowest BCUT2D eigenvalue weighted by molar-refractivity contribution is 0.0691. The summed E-state index contributed by atoms with van der Waals surface area (Å²) in [6.45, 7) is 2.84. The maximum absolute atomic E-state index is 10.9. The molecular formula is C13H12N4O2. The van der Waals surface area contributed by atoms with Crippen LogP contribution >= 0.6 is 0 Å². The molecule has 3 heterocycles. The Hall–Kier alpha value is -2.63. The Labute approximate surface area is 108 Å². The minimum atomic E-state index is -1.02. The van der Waals surface area contributed by atoms with Crippen LogP contribution in [-0.2, 0) is 6.54 Å². The van der Waals surface area contributed by atoms with E-state index in [1.54, 1.807) is 16.7 Å². The fraction of sp³-hybridized carbons (Fsp3) is 0.154. The monoisotopic (exact) mass is 256 g/mol. The van der Waals surface area contributed by atoms with Gasteiger partial charge in [0.2, 0.25) is 0 Å². The minimum absolute atomic E-state index is 0.0430. The van der Waals surface area contributed by atoms with Crippen molar-refractivity contribution in [1.82, 2.24) is 19.2 Å². The fourth-order valence-corrected chi connectivity index (χ4v) is 1.95. The number of rotatable bonds is 3. The average molecular weight is 256 g/mol. The third kappa shape index (κ3) is 1.97. The van der Waals surface area contributed by atoms with Gasteiger partial charge in [-0.1, -0.05) is 0 Å². The average Bonchev–Trinajstić information content (AvgIpc) is 3.04. The number of aromatic nitrogens is 4. The van der Waals surface area contributed by atoms with Gasteiger partial charge in [0.25, 0.3) is 0 Å². The summed E-state index contributed by atoms with van der Waals surface area (Å²) in [5, 5.41) is 13.1. The maximum atomic E-state index is 10.9. The van der Waals surface area contributed by atoms with E-state index in [-0.39, 0.29) is 5.69 Å². The van der Waals surface area contributed by atoms with Crippen molar-refractivity contribution in [3.05, 3.63) is 42.6 Å². The van der Waals surface area contributed by atoms with E-state index in [0.29, 0.717) is 5.65 Å². The Bertz CT molecular complexity index is 757. The van der Waals surface area contributed by atoms with Gasteiger partial charge in [-0.3, -0.25) is 4.68 Å². The molecule has 6 nitrogen and oxygen atoms in total. The highest BCUT2D eigenvalue weighted by molar-refractivity contribution is 5.86. The number of aromatic carboxylic acids is 1. The zero-order chi connectivity index (χ0) is 13.4. The van der Waals surface area contributed by atoms with Crippen molar-refractivity contribution in [2.24, 2.45) is 0 Å². The first kappa shape index (κ1) is 11.5. The first-order chi connectivity index (χ1) is 9.17. The Morgan fingerprint density at radius 3 is 2.79 bits per heavy atom. The van der Waals surface area contributed by atoms with Gasteiger partial charge in [-0.15, -0.1) is 0 Å². The lowest BCUT2D eigenvalue weighted by Gasteiger charge is -1.98. The first-order valence-corrected chi connectivity index (χ1v) is 5.92. The van der Waals surface area contributed by atoms with Crippen LogP contribution in [0.2, 0.25) is 0 Å². The highest BCUT2D eigenvalue weighted by Crippen LogP contribution is 2.19. The molecule has 3 aromatic rings. The summed E-state index contributed by atoms with van der Waals surface area (Å²) in [7, 11) is 0. The number of hydrogen-bond acceptors (Lipinski definition) is 3. The van der Waals surface area contributed by atoms with Gasteiger partial charge in [0.15, 0.2) is 5.69 Å². The first-order valence-electron chi connectivity index (χ1n) is 5.92. The van der Waals surface area contributed by atoms with Crippen molar-refractivity contribution < 1.29 is 9.90 Å². The number of pyridine rings is 1. The van der Waals surface area contributed by atoms with Crippen molar-refractivity contribution in [2.75, 3.05) is 0 Å². The van der Waals surface area contributed by atoms with Crippen molar-refractivity contribution in [3.8, 4) is 11.1 Å². The van der Waals surface area contributed by atoms with Gasteiger partial charge >= 0.3 is 5.97 Å². The number of nitrogens with zero attached hydrogens (tertiary/aromatic N) is 4. The summed E-state index contributed by atoms with van der Waals surface area (Å²) >= 11 is 0. The highest BCUT2D eigenvalue weighted by Gasteiger charge is 2.09. The molecule has 0 aliphatic rings. The molecule has 96 valence electrons. The van der Waals surface area contributed by atoms with Crippen molar-refractivity contribution >= 4 is 11.6 Å². The van der Waals surface area contributed by atoms with Gasteiger partial charge in [0.1, 0.15) is 5.65 Å². The number of carboxylic acids is 1. The van der Waals surface area contributed by atoms with Crippen LogP contribution < -0.4 is 0 Å². The molecule has 3 aromatic heterocycles. The summed E-state index contributed by atoms with van der Waals surface area (Å²) in [6, 6.07) is 3.70. The van der Waals surface area contributed by atoms with E-state index in [9.17, 15) is 4.79 Å². The second kappa shape index (κ2) is 4.24. The number of imidazole rings is 1. The molecule has 0 aromatic carbocycles. The SMILES string of the molecule is CCn1cc(-c2ccc3nc(C(=O)O)cn3c2)cn1. The minimum Gasteiger partial charge on any atom is -0.476 e. The van der Waals surface area contributed by atoms with Crippen LogP contribution in [0, 0.1) is 0 Å². The van der Waals surface area contributed by atoms with Crippen LogP contribution in [0.3, 0.4) is 0 Å².